The molecule has 3 nitrogen and oxygen atoms in total. The van der Waals surface area contributed by atoms with Crippen LogP contribution in [0.3, 0.4) is 0 Å². The van der Waals surface area contributed by atoms with E-state index >= 15 is 0 Å². The van der Waals surface area contributed by atoms with Gasteiger partial charge < -0.3 is 10.2 Å². The fourth-order valence-corrected chi connectivity index (χ4v) is 2.80. The summed E-state index contributed by atoms with van der Waals surface area (Å²) in [6.07, 6.45) is 1.02. The zero-order valence-corrected chi connectivity index (χ0v) is 14.1. The van der Waals surface area contributed by atoms with Gasteiger partial charge in [-0.2, -0.15) is 0 Å². The van der Waals surface area contributed by atoms with Crippen LogP contribution in [-0.2, 0) is 0 Å². The molecule has 0 saturated carbocycles. The van der Waals surface area contributed by atoms with E-state index in [0.29, 0.717) is 6.04 Å². The molecule has 1 aromatic carbocycles. The molecule has 1 N–H and O–H groups in total. The molecule has 0 amide bonds. The molecule has 2 unspecified atom stereocenters. The van der Waals surface area contributed by atoms with Crippen LogP contribution in [0.15, 0.2) is 24.3 Å². The van der Waals surface area contributed by atoms with Gasteiger partial charge >= 0.3 is 0 Å². The number of nitrogens with one attached hydrogen (secondary N) is 1. The minimum atomic E-state index is -0.177. The quantitative estimate of drug-likeness (QED) is 0.756. The molecule has 4 heteroatoms. The zero-order valence-electron chi connectivity index (χ0n) is 14.1. The molecule has 21 heavy (non-hydrogen) atoms. The summed E-state index contributed by atoms with van der Waals surface area (Å²) in [6.45, 7) is 7.63. The lowest BCUT2D eigenvalue weighted by Gasteiger charge is -2.31. The molecule has 0 spiro atoms. The zero-order chi connectivity index (χ0) is 15.8. The average molecular weight is 295 g/mol. The van der Waals surface area contributed by atoms with Crippen molar-refractivity contribution >= 4 is 0 Å². The maximum Gasteiger partial charge on any atom is 0.123 e. The number of hydrogen-bond acceptors (Lipinski definition) is 3. The molecule has 0 aliphatic rings. The van der Waals surface area contributed by atoms with Crippen LogP contribution in [0.25, 0.3) is 0 Å². The summed E-state index contributed by atoms with van der Waals surface area (Å²) in [6, 6.07) is 7.62. The Kier molecular flexibility index (Phi) is 7.86. The van der Waals surface area contributed by atoms with Gasteiger partial charge in [-0.25, -0.2) is 4.39 Å². The van der Waals surface area contributed by atoms with Gasteiger partial charge in [0.2, 0.25) is 0 Å². The number of nitrogens with zero attached hydrogens (tertiary/aromatic N) is 2. The van der Waals surface area contributed by atoms with Gasteiger partial charge in [-0.05, 0) is 58.7 Å². The van der Waals surface area contributed by atoms with Crippen LogP contribution in [-0.4, -0.2) is 56.6 Å². The van der Waals surface area contributed by atoms with Crippen molar-refractivity contribution in [1.82, 2.24) is 15.1 Å². The van der Waals surface area contributed by atoms with E-state index in [-0.39, 0.29) is 11.9 Å². The van der Waals surface area contributed by atoms with E-state index in [0.717, 1.165) is 31.6 Å². The molecule has 120 valence electrons. The lowest BCUT2D eigenvalue weighted by atomic mass is 10.0. The lowest BCUT2D eigenvalue weighted by molar-refractivity contribution is 0.174. The first-order valence-electron chi connectivity index (χ1n) is 7.79. The topological polar surface area (TPSA) is 18.5 Å². The van der Waals surface area contributed by atoms with E-state index in [2.05, 4.69) is 43.1 Å². The first kappa shape index (κ1) is 18.1. The van der Waals surface area contributed by atoms with Crippen molar-refractivity contribution in [2.45, 2.75) is 32.4 Å². The van der Waals surface area contributed by atoms with E-state index in [9.17, 15) is 4.39 Å². The third-order valence-corrected chi connectivity index (χ3v) is 3.98. The van der Waals surface area contributed by atoms with Crippen LogP contribution in [0.1, 0.15) is 31.9 Å². The summed E-state index contributed by atoms with van der Waals surface area (Å²) in [4.78, 5) is 4.72. The van der Waals surface area contributed by atoms with Gasteiger partial charge in [0.15, 0.2) is 0 Å². The molecule has 1 aromatic rings. The van der Waals surface area contributed by atoms with E-state index < -0.39 is 0 Å². The highest BCUT2D eigenvalue weighted by Gasteiger charge is 2.16. The first-order valence-corrected chi connectivity index (χ1v) is 7.79. The summed E-state index contributed by atoms with van der Waals surface area (Å²) >= 11 is 0. The molecule has 0 aliphatic carbocycles. The van der Waals surface area contributed by atoms with Gasteiger partial charge in [0.05, 0.1) is 0 Å². The smallest absolute Gasteiger partial charge is 0.123 e. The second-order valence-electron chi connectivity index (χ2n) is 5.92. The van der Waals surface area contributed by atoms with Crippen LogP contribution in [0, 0.1) is 5.82 Å². The molecule has 0 aromatic heterocycles. The van der Waals surface area contributed by atoms with Crippen molar-refractivity contribution in [3.63, 3.8) is 0 Å². The fourth-order valence-electron chi connectivity index (χ4n) is 2.80. The molecule has 0 bridgehead atoms. The molecule has 0 saturated heterocycles. The summed E-state index contributed by atoms with van der Waals surface area (Å²) < 4.78 is 13.0. The van der Waals surface area contributed by atoms with Gasteiger partial charge in [0.1, 0.15) is 5.82 Å². The Morgan fingerprint density at radius 1 is 1.19 bits per heavy atom. The predicted molar refractivity (Wildman–Crippen MR) is 88.1 cm³/mol. The highest BCUT2D eigenvalue weighted by atomic mass is 19.1. The van der Waals surface area contributed by atoms with Gasteiger partial charge in [0, 0.05) is 25.2 Å². The van der Waals surface area contributed by atoms with Crippen molar-refractivity contribution in [3.8, 4) is 0 Å². The van der Waals surface area contributed by atoms with Gasteiger partial charge in [-0.15, -0.1) is 0 Å². The number of halogens is 1. The van der Waals surface area contributed by atoms with E-state index in [1.807, 2.05) is 19.2 Å². The van der Waals surface area contributed by atoms with Crippen molar-refractivity contribution in [2.75, 3.05) is 40.8 Å². The maximum absolute atomic E-state index is 13.0. The monoisotopic (exact) mass is 295 g/mol. The van der Waals surface area contributed by atoms with Gasteiger partial charge in [-0.1, -0.05) is 19.1 Å². The second-order valence-corrected chi connectivity index (χ2v) is 5.92. The highest BCUT2D eigenvalue weighted by Crippen LogP contribution is 2.18. The highest BCUT2D eigenvalue weighted by molar-refractivity contribution is 5.19. The van der Waals surface area contributed by atoms with E-state index in [1.54, 1.807) is 0 Å². The summed E-state index contributed by atoms with van der Waals surface area (Å²) in [7, 11) is 6.19. The fraction of sp³-hybridized carbons (Fsp3) is 0.647. The number of likely N-dealkylation sites (N-methyl/N-ethyl adjacent to an activating group) is 2. The molecule has 0 radical (unpaired) electrons. The standard InChI is InChI=1S/C17H30FN3/c1-6-21(14(2)13-20(4)5)12-11-17(19-3)15-7-9-16(18)10-8-15/h7-10,14,17,19H,6,11-13H2,1-5H3. The normalized spacial score (nSPS) is 14.7. The second kappa shape index (κ2) is 9.13. The molecule has 1 rings (SSSR count). The average Bonchev–Trinajstić information content (AvgIpc) is 2.44. The summed E-state index contributed by atoms with van der Waals surface area (Å²) in [5.74, 6) is -0.177. The van der Waals surface area contributed by atoms with Gasteiger partial charge in [0.25, 0.3) is 0 Å². The SMILES string of the molecule is CCN(CCC(NC)c1ccc(F)cc1)C(C)CN(C)C. The largest absolute Gasteiger partial charge is 0.313 e. The van der Waals surface area contributed by atoms with Crippen LogP contribution in [0.2, 0.25) is 0 Å². The van der Waals surface area contributed by atoms with Crippen molar-refractivity contribution < 1.29 is 4.39 Å². The number of hydrogen-bond donors (Lipinski definition) is 1. The molecule has 0 aliphatic heterocycles. The maximum atomic E-state index is 13.0. The minimum absolute atomic E-state index is 0.177. The van der Waals surface area contributed by atoms with Crippen LogP contribution >= 0.6 is 0 Å². The van der Waals surface area contributed by atoms with Crippen molar-refractivity contribution in [2.24, 2.45) is 0 Å². The number of benzene rings is 1. The molecular formula is C17H30FN3. The Hall–Kier alpha value is -0.970. The van der Waals surface area contributed by atoms with Crippen LogP contribution < -0.4 is 5.32 Å². The van der Waals surface area contributed by atoms with Crippen LogP contribution in [0.4, 0.5) is 4.39 Å². The Bertz CT molecular complexity index is 392. The summed E-state index contributed by atoms with van der Waals surface area (Å²) in [5.41, 5.74) is 1.15. The minimum Gasteiger partial charge on any atom is -0.313 e. The van der Waals surface area contributed by atoms with Crippen molar-refractivity contribution in [3.05, 3.63) is 35.6 Å². The number of rotatable bonds is 9. The predicted octanol–water partition coefficient (Wildman–Crippen LogP) is 2.75. The lowest BCUT2D eigenvalue weighted by Crippen LogP contribution is -2.41. The Morgan fingerprint density at radius 3 is 2.29 bits per heavy atom. The van der Waals surface area contributed by atoms with E-state index in [4.69, 9.17) is 0 Å². The Labute approximate surface area is 129 Å². The summed E-state index contributed by atoms with van der Waals surface area (Å²) in [5, 5.41) is 3.34. The third-order valence-electron chi connectivity index (χ3n) is 3.98. The molecular weight excluding hydrogens is 265 g/mol. The van der Waals surface area contributed by atoms with Crippen molar-refractivity contribution in [1.29, 1.82) is 0 Å². The Balaban J connectivity index is 2.58. The third kappa shape index (κ3) is 6.12. The molecule has 0 heterocycles. The van der Waals surface area contributed by atoms with E-state index in [1.165, 1.54) is 12.1 Å². The molecule has 0 fully saturated rings. The Morgan fingerprint density at radius 2 is 1.81 bits per heavy atom. The van der Waals surface area contributed by atoms with Gasteiger partial charge in [-0.3, -0.25) is 4.90 Å². The molecule has 2 atom stereocenters. The first-order chi connectivity index (χ1) is 9.97. The van der Waals surface area contributed by atoms with Crippen LogP contribution in [0.5, 0.6) is 0 Å².